The molecule has 2 aliphatic heterocycles. The van der Waals surface area contributed by atoms with Crippen molar-refractivity contribution in [2.45, 2.75) is 160 Å². The van der Waals surface area contributed by atoms with E-state index in [1.54, 1.807) is 14.2 Å². The van der Waals surface area contributed by atoms with Gasteiger partial charge in [0.25, 0.3) is 0 Å². The number of piperidine rings is 2. The van der Waals surface area contributed by atoms with Crippen molar-refractivity contribution in [2.75, 3.05) is 79.8 Å². The molecule has 4 atom stereocenters. The van der Waals surface area contributed by atoms with Gasteiger partial charge < -0.3 is 48.4 Å². The molecule has 9 rings (SSSR count). The van der Waals surface area contributed by atoms with Crippen LogP contribution in [-0.4, -0.2) is 152 Å². The van der Waals surface area contributed by atoms with Crippen LogP contribution in [0.25, 0.3) is 0 Å². The fourth-order valence-corrected chi connectivity index (χ4v) is 12.7. The lowest BCUT2D eigenvalue weighted by Crippen LogP contribution is -2.54. The molecule has 4 saturated carbocycles. The number of carboxylic acids is 1. The summed E-state index contributed by atoms with van der Waals surface area (Å²) in [6.07, 6.45) is 10.3. The van der Waals surface area contributed by atoms with E-state index in [0.29, 0.717) is 51.3 Å². The summed E-state index contributed by atoms with van der Waals surface area (Å²) in [6, 6.07) is 31.0. The number of aliphatic carboxylic acids is 1. The van der Waals surface area contributed by atoms with E-state index in [9.17, 15) is 24.3 Å². The van der Waals surface area contributed by atoms with Gasteiger partial charge in [-0.3, -0.25) is 9.59 Å². The van der Waals surface area contributed by atoms with Crippen molar-refractivity contribution in [1.29, 1.82) is 0 Å². The molecule has 1 N–H and O–H groups in total. The predicted octanol–water partition coefficient (Wildman–Crippen LogP) is 11.2. The molecule has 2 heterocycles. The molecule has 4 aliphatic carbocycles. The van der Waals surface area contributed by atoms with Gasteiger partial charge in [-0.1, -0.05) is 104 Å². The Morgan fingerprint density at radius 1 is 0.558 bits per heavy atom. The predicted molar refractivity (Wildman–Crippen MR) is 297 cm³/mol. The van der Waals surface area contributed by atoms with Crippen molar-refractivity contribution in [3.8, 4) is 0 Å². The van der Waals surface area contributed by atoms with E-state index < -0.39 is 28.0 Å². The maximum atomic E-state index is 13.6. The quantitative estimate of drug-likeness (QED) is 0.0848. The molecule has 0 bridgehead atoms. The lowest BCUT2D eigenvalue weighted by Gasteiger charge is -2.48. The largest absolute Gasteiger partial charge is 0.481 e. The SMILES string of the molecule is COCC1(CN(C(=O)OC(C)(C)C)[C@@H]2CC2c2ccccc2)CCN(CC2(C(=O)O)CCC2)CC1.COCC1(CN(C(=O)OC(C)(C)C)[C@@H]2CC2c2ccccc2)CCN(CC2(C(=O)OCc3ccccc3)CCC2)CC1. The van der Waals surface area contributed by atoms with Crippen LogP contribution in [0.15, 0.2) is 91.0 Å². The molecule has 6 fully saturated rings. The third kappa shape index (κ3) is 15.0. The van der Waals surface area contributed by atoms with Gasteiger partial charge >= 0.3 is 24.1 Å². The summed E-state index contributed by atoms with van der Waals surface area (Å²) in [7, 11) is 3.48. The molecule has 3 aromatic rings. The second-order valence-electron chi connectivity index (χ2n) is 25.9. The monoisotopic (exact) mass is 1060 g/mol. The molecule has 6 aliphatic rings. The van der Waals surface area contributed by atoms with Crippen molar-refractivity contribution < 1.29 is 48.0 Å². The fraction of sp³-hybridized carbons (Fsp3) is 0.651. The lowest BCUT2D eigenvalue weighted by molar-refractivity contribution is -0.165. The molecule has 14 nitrogen and oxygen atoms in total. The number of rotatable bonds is 20. The zero-order chi connectivity index (χ0) is 55.1. The number of likely N-dealkylation sites (tertiary alicyclic amines) is 2. The molecule has 2 saturated heterocycles. The van der Waals surface area contributed by atoms with Gasteiger partial charge in [0.05, 0.1) is 24.0 Å². The number of carboxylic acid groups (broad SMARTS) is 1. The van der Waals surface area contributed by atoms with Crippen molar-refractivity contribution in [2.24, 2.45) is 21.7 Å². The first kappa shape index (κ1) is 58.1. The molecular weight excluding hydrogens is 973 g/mol. The van der Waals surface area contributed by atoms with Crippen molar-refractivity contribution in [1.82, 2.24) is 19.6 Å². The molecule has 422 valence electrons. The number of benzene rings is 3. The minimum atomic E-state index is -0.658. The van der Waals surface area contributed by atoms with Crippen LogP contribution in [0.5, 0.6) is 0 Å². The summed E-state index contributed by atoms with van der Waals surface area (Å²) in [5.41, 5.74) is 1.14. The van der Waals surface area contributed by atoms with Crippen LogP contribution in [0.1, 0.15) is 147 Å². The average molecular weight is 1060 g/mol. The summed E-state index contributed by atoms with van der Waals surface area (Å²) < 4.78 is 29.1. The summed E-state index contributed by atoms with van der Waals surface area (Å²) in [6.45, 7) is 19.0. The van der Waals surface area contributed by atoms with Gasteiger partial charge in [0.15, 0.2) is 0 Å². The van der Waals surface area contributed by atoms with Gasteiger partial charge in [-0.25, -0.2) is 9.59 Å². The molecule has 2 amide bonds. The summed E-state index contributed by atoms with van der Waals surface area (Å²) in [5.74, 6) is -0.0615. The minimum Gasteiger partial charge on any atom is -0.481 e. The van der Waals surface area contributed by atoms with Crippen molar-refractivity contribution >= 4 is 24.1 Å². The zero-order valence-electron chi connectivity index (χ0n) is 47.6. The Balaban J connectivity index is 0.000000207. The number of carbonyl (C=O) groups is 4. The highest BCUT2D eigenvalue weighted by atomic mass is 16.6. The maximum absolute atomic E-state index is 13.6. The molecule has 0 spiro atoms. The number of amides is 2. The standard InChI is InChI=1S/C35H48N2O5.C28H42N2O5/c1-33(2,3)42-32(39)37(30-22-29(30)28-14-9-6-10-15-28)24-34(26-40-4)18-20-36(21-19-34)25-35(16-11-17-35)31(38)41-23-27-12-7-5-8-13-27;1-26(2,3)35-25(33)30(23-17-22(23)21-9-6-5-7-10-21)18-27(20-34-4)13-15-29(16-14-27)19-28(24(31)32)11-8-12-28/h5-10,12-15,29-30H,11,16-26H2,1-4H3;5-7,9-10,22-23H,8,11-20H2,1-4H3,(H,31,32)/t29?,30-;22?,23-/m11/s1. The van der Waals surface area contributed by atoms with Crippen LogP contribution >= 0.6 is 0 Å². The zero-order valence-corrected chi connectivity index (χ0v) is 47.6. The Morgan fingerprint density at radius 2 is 0.935 bits per heavy atom. The van der Waals surface area contributed by atoms with Crippen LogP contribution in [0.4, 0.5) is 9.59 Å². The second-order valence-corrected chi connectivity index (χ2v) is 25.9. The molecule has 77 heavy (non-hydrogen) atoms. The molecule has 0 aromatic heterocycles. The third-order valence-corrected chi connectivity index (χ3v) is 17.5. The smallest absolute Gasteiger partial charge is 0.410 e. The minimum absolute atomic E-state index is 0.0666. The van der Waals surface area contributed by atoms with E-state index in [1.165, 1.54) is 11.1 Å². The Hall–Kier alpha value is -5.02. The highest BCUT2D eigenvalue weighted by molar-refractivity contribution is 5.78. The van der Waals surface area contributed by atoms with Crippen LogP contribution in [0, 0.1) is 21.7 Å². The van der Waals surface area contributed by atoms with E-state index in [0.717, 1.165) is 115 Å². The molecule has 3 aromatic carbocycles. The van der Waals surface area contributed by atoms with Gasteiger partial charge in [-0.05, 0) is 149 Å². The van der Waals surface area contributed by atoms with E-state index in [1.807, 2.05) is 93.8 Å². The third-order valence-electron chi connectivity index (χ3n) is 17.5. The number of ether oxygens (including phenoxy) is 5. The molecule has 2 unspecified atom stereocenters. The van der Waals surface area contributed by atoms with Gasteiger partial charge in [0, 0.05) is 75.1 Å². The molecule has 14 heteroatoms. The maximum Gasteiger partial charge on any atom is 0.410 e. The first-order valence-electron chi connectivity index (χ1n) is 28.6. The van der Waals surface area contributed by atoms with E-state index in [4.69, 9.17) is 23.7 Å². The van der Waals surface area contributed by atoms with Crippen molar-refractivity contribution in [3.05, 3.63) is 108 Å². The Morgan fingerprint density at radius 3 is 1.27 bits per heavy atom. The van der Waals surface area contributed by atoms with Gasteiger partial charge in [0.1, 0.15) is 17.8 Å². The second kappa shape index (κ2) is 24.6. The number of esters is 1. The number of carbonyl (C=O) groups excluding carboxylic acids is 3. The van der Waals surface area contributed by atoms with Crippen LogP contribution in [-0.2, 0) is 39.9 Å². The van der Waals surface area contributed by atoms with E-state index in [-0.39, 0.29) is 41.1 Å². The Labute approximate surface area is 459 Å². The van der Waals surface area contributed by atoms with Gasteiger partial charge in [-0.2, -0.15) is 0 Å². The number of hydrogen-bond donors (Lipinski definition) is 1. The van der Waals surface area contributed by atoms with Gasteiger partial charge in [0.2, 0.25) is 0 Å². The van der Waals surface area contributed by atoms with E-state index >= 15 is 0 Å². The van der Waals surface area contributed by atoms with Crippen LogP contribution < -0.4 is 0 Å². The van der Waals surface area contributed by atoms with Crippen LogP contribution in [0.2, 0.25) is 0 Å². The van der Waals surface area contributed by atoms with Crippen molar-refractivity contribution in [3.63, 3.8) is 0 Å². The normalized spacial score (nSPS) is 24.1. The summed E-state index contributed by atoms with van der Waals surface area (Å²) in [5, 5.41) is 9.76. The fourth-order valence-electron chi connectivity index (χ4n) is 12.7. The molecular formula is C63H90N4O10. The lowest BCUT2D eigenvalue weighted by atomic mass is 9.67. The van der Waals surface area contributed by atoms with Crippen LogP contribution in [0.3, 0.4) is 0 Å². The summed E-state index contributed by atoms with van der Waals surface area (Å²) in [4.78, 5) is 60.8. The Kier molecular flexibility index (Phi) is 18.5. The first-order chi connectivity index (χ1) is 36.7. The Bertz CT molecular complexity index is 2400. The van der Waals surface area contributed by atoms with Gasteiger partial charge in [-0.15, -0.1) is 0 Å². The highest BCUT2D eigenvalue weighted by Gasteiger charge is 2.53. The first-order valence-corrected chi connectivity index (χ1v) is 28.6. The topological polar surface area (TPSA) is 148 Å². The summed E-state index contributed by atoms with van der Waals surface area (Å²) >= 11 is 0. The number of nitrogens with zero attached hydrogens (tertiary/aromatic N) is 4. The van der Waals surface area contributed by atoms with E-state index in [2.05, 4.69) is 58.3 Å². The average Bonchev–Trinajstić information content (AvgIpc) is 4.32. The molecule has 0 radical (unpaired) electrons. The highest BCUT2D eigenvalue weighted by Crippen LogP contribution is 2.50. The number of hydrogen-bond acceptors (Lipinski definition) is 11. The number of methoxy groups -OCH3 is 2.